The van der Waals surface area contributed by atoms with Crippen LogP contribution >= 0.6 is 0 Å². The molecule has 0 radical (unpaired) electrons. The van der Waals surface area contributed by atoms with Crippen LogP contribution in [0.3, 0.4) is 0 Å². The van der Waals surface area contributed by atoms with Crippen LogP contribution in [-0.2, 0) is 9.53 Å². The molecule has 2 unspecified atom stereocenters. The van der Waals surface area contributed by atoms with Crippen molar-refractivity contribution in [3.63, 3.8) is 0 Å². The maximum atomic E-state index is 13.8. The van der Waals surface area contributed by atoms with Crippen LogP contribution in [0.15, 0.2) is 24.3 Å². The summed E-state index contributed by atoms with van der Waals surface area (Å²) in [5.74, 6) is -0.0311. The van der Waals surface area contributed by atoms with E-state index in [0.717, 1.165) is 44.5 Å². The molecule has 0 bridgehead atoms. The van der Waals surface area contributed by atoms with Crippen molar-refractivity contribution < 1.29 is 13.9 Å². The lowest BCUT2D eigenvalue weighted by atomic mass is 9.83. The fraction of sp³-hybridized carbons (Fsp3) is 0.667. The second-order valence-electron chi connectivity index (χ2n) is 8.10. The molecular formula is C21H30FN3O2. The average molecular weight is 375 g/mol. The SMILES string of the molecule is O=C(NCC(c1cccc(F)c1)N1CCOCC1)C1CCNC12CCCC2. The minimum absolute atomic E-state index is 0.0113. The Labute approximate surface area is 160 Å². The molecule has 4 rings (SSSR count). The van der Waals surface area contributed by atoms with E-state index in [1.165, 1.54) is 18.9 Å². The van der Waals surface area contributed by atoms with Gasteiger partial charge in [0.2, 0.25) is 5.91 Å². The van der Waals surface area contributed by atoms with Gasteiger partial charge >= 0.3 is 0 Å². The molecule has 2 saturated heterocycles. The van der Waals surface area contributed by atoms with Gasteiger partial charge in [-0.3, -0.25) is 9.69 Å². The number of rotatable bonds is 5. The van der Waals surface area contributed by atoms with E-state index in [1.54, 1.807) is 12.1 Å². The maximum absolute atomic E-state index is 13.8. The number of ether oxygens (including phenoxy) is 1. The number of nitrogens with one attached hydrogen (secondary N) is 2. The number of carbonyl (C=O) groups is 1. The van der Waals surface area contributed by atoms with Gasteiger partial charge in [0.25, 0.3) is 0 Å². The molecule has 1 spiro atoms. The van der Waals surface area contributed by atoms with Crippen molar-refractivity contribution in [3.05, 3.63) is 35.6 Å². The van der Waals surface area contributed by atoms with Gasteiger partial charge in [0.15, 0.2) is 0 Å². The summed E-state index contributed by atoms with van der Waals surface area (Å²) in [5, 5.41) is 6.82. The standard InChI is InChI=1S/C21H30FN3O2/c22-17-5-3-4-16(14-17)19(25-10-12-27-13-11-25)15-23-20(26)18-6-9-24-21(18)7-1-2-8-21/h3-5,14,18-19,24H,1-2,6-13,15H2,(H,23,26). The van der Waals surface area contributed by atoms with Crippen LogP contribution in [-0.4, -0.2) is 55.7 Å². The zero-order valence-electron chi connectivity index (χ0n) is 15.9. The molecule has 1 saturated carbocycles. The van der Waals surface area contributed by atoms with Gasteiger partial charge in [-0.05, 0) is 43.5 Å². The van der Waals surface area contributed by atoms with Crippen molar-refractivity contribution in [2.75, 3.05) is 39.4 Å². The molecular weight excluding hydrogens is 345 g/mol. The summed E-state index contributed by atoms with van der Waals surface area (Å²) in [6, 6.07) is 6.72. The lowest BCUT2D eigenvalue weighted by Crippen LogP contribution is -2.50. The smallest absolute Gasteiger partial charge is 0.225 e. The molecule has 3 fully saturated rings. The van der Waals surface area contributed by atoms with Gasteiger partial charge in [0, 0.05) is 25.2 Å². The van der Waals surface area contributed by atoms with Crippen LogP contribution in [0.4, 0.5) is 4.39 Å². The van der Waals surface area contributed by atoms with Crippen LogP contribution in [0.25, 0.3) is 0 Å². The molecule has 2 heterocycles. The van der Waals surface area contributed by atoms with E-state index in [9.17, 15) is 9.18 Å². The first-order chi connectivity index (χ1) is 13.2. The van der Waals surface area contributed by atoms with Crippen LogP contribution in [0.1, 0.15) is 43.7 Å². The molecule has 1 amide bonds. The van der Waals surface area contributed by atoms with Crippen molar-refractivity contribution in [1.82, 2.24) is 15.5 Å². The Morgan fingerprint density at radius 3 is 2.85 bits per heavy atom. The van der Waals surface area contributed by atoms with Gasteiger partial charge in [-0.1, -0.05) is 25.0 Å². The number of hydrogen-bond donors (Lipinski definition) is 2. The third kappa shape index (κ3) is 4.03. The highest BCUT2D eigenvalue weighted by Crippen LogP contribution is 2.41. The summed E-state index contributed by atoms with van der Waals surface area (Å²) in [4.78, 5) is 15.3. The fourth-order valence-corrected chi connectivity index (χ4v) is 5.16. The molecule has 1 aliphatic carbocycles. The molecule has 0 aromatic heterocycles. The zero-order chi connectivity index (χ0) is 18.7. The topological polar surface area (TPSA) is 53.6 Å². The van der Waals surface area contributed by atoms with Gasteiger partial charge in [-0.15, -0.1) is 0 Å². The highest BCUT2D eigenvalue weighted by atomic mass is 19.1. The predicted octanol–water partition coefficient (Wildman–Crippen LogP) is 2.24. The van der Waals surface area contributed by atoms with Crippen molar-refractivity contribution in [2.24, 2.45) is 5.92 Å². The Morgan fingerprint density at radius 2 is 2.11 bits per heavy atom. The molecule has 2 atom stereocenters. The largest absolute Gasteiger partial charge is 0.379 e. The summed E-state index contributed by atoms with van der Waals surface area (Å²) < 4.78 is 19.3. The third-order valence-corrected chi connectivity index (χ3v) is 6.58. The van der Waals surface area contributed by atoms with Gasteiger partial charge in [0.05, 0.1) is 25.2 Å². The van der Waals surface area contributed by atoms with Gasteiger partial charge in [-0.25, -0.2) is 4.39 Å². The normalized spacial score (nSPS) is 26.3. The predicted molar refractivity (Wildman–Crippen MR) is 102 cm³/mol. The summed E-state index contributed by atoms with van der Waals surface area (Å²) in [5.41, 5.74) is 0.926. The fourth-order valence-electron chi connectivity index (χ4n) is 5.16. The second-order valence-corrected chi connectivity index (χ2v) is 8.10. The lowest BCUT2D eigenvalue weighted by molar-refractivity contribution is -0.127. The molecule has 5 nitrogen and oxygen atoms in total. The monoisotopic (exact) mass is 375 g/mol. The first-order valence-electron chi connectivity index (χ1n) is 10.3. The molecule has 6 heteroatoms. The molecule has 27 heavy (non-hydrogen) atoms. The number of morpholine rings is 1. The lowest BCUT2D eigenvalue weighted by Gasteiger charge is -2.36. The number of amides is 1. The molecule has 1 aromatic rings. The quantitative estimate of drug-likeness (QED) is 0.829. The van der Waals surface area contributed by atoms with Gasteiger partial charge in [-0.2, -0.15) is 0 Å². The summed E-state index contributed by atoms with van der Waals surface area (Å²) in [6.45, 7) is 4.38. The van der Waals surface area contributed by atoms with Crippen molar-refractivity contribution in [1.29, 1.82) is 0 Å². The highest BCUT2D eigenvalue weighted by molar-refractivity contribution is 5.80. The number of halogens is 1. The summed E-state index contributed by atoms with van der Waals surface area (Å²) in [6.07, 6.45) is 5.52. The molecule has 3 aliphatic rings. The van der Waals surface area contributed by atoms with E-state index < -0.39 is 0 Å². The van der Waals surface area contributed by atoms with Crippen LogP contribution in [0, 0.1) is 11.7 Å². The van der Waals surface area contributed by atoms with E-state index in [-0.39, 0.29) is 29.2 Å². The van der Waals surface area contributed by atoms with Gasteiger partial charge < -0.3 is 15.4 Å². The molecule has 2 N–H and O–H groups in total. The third-order valence-electron chi connectivity index (χ3n) is 6.58. The number of hydrogen-bond acceptors (Lipinski definition) is 4. The molecule has 1 aromatic carbocycles. The highest BCUT2D eigenvalue weighted by Gasteiger charge is 2.47. The van der Waals surface area contributed by atoms with E-state index in [0.29, 0.717) is 19.8 Å². The Morgan fingerprint density at radius 1 is 1.33 bits per heavy atom. The van der Waals surface area contributed by atoms with Crippen LogP contribution in [0.5, 0.6) is 0 Å². The van der Waals surface area contributed by atoms with Gasteiger partial charge in [0.1, 0.15) is 5.82 Å². The Kier molecular flexibility index (Phi) is 5.76. The Bertz CT molecular complexity index is 651. The van der Waals surface area contributed by atoms with Crippen molar-refractivity contribution in [3.8, 4) is 0 Å². The number of nitrogens with zero attached hydrogens (tertiary/aromatic N) is 1. The minimum atomic E-state index is -0.234. The van der Waals surface area contributed by atoms with Crippen molar-refractivity contribution in [2.45, 2.75) is 43.7 Å². The van der Waals surface area contributed by atoms with E-state index in [1.807, 2.05) is 6.07 Å². The van der Waals surface area contributed by atoms with E-state index >= 15 is 0 Å². The van der Waals surface area contributed by atoms with E-state index in [2.05, 4.69) is 15.5 Å². The van der Waals surface area contributed by atoms with E-state index in [4.69, 9.17) is 4.74 Å². The molecule has 2 aliphatic heterocycles. The van der Waals surface area contributed by atoms with Crippen LogP contribution < -0.4 is 10.6 Å². The summed E-state index contributed by atoms with van der Waals surface area (Å²) >= 11 is 0. The Hall–Kier alpha value is -1.50. The summed E-state index contributed by atoms with van der Waals surface area (Å²) in [7, 11) is 0. The Balaban J connectivity index is 1.45. The van der Waals surface area contributed by atoms with Crippen LogP contribution in [0.2, 0.25) is 0 Å². The maximum Gasteiger partial charge on any atom is 0.225 e. The molecule has 148 valence electrons. The first kappa shape index (κ1) is 18.8. The average Bonchev–Trinajstić information content (AvgIpc) is 3.33. The van der Waals surface area contributed by atoms with Crippen molar-refractivity contribution >= 4 is 5.91 Å². The number of carbonyl (C=O) groups excluding carboxylic acids is 1. The minimum Gasteiger partial charge on any atom is -0.379 e. The number of benzene rings is 1. The second kappa shape index (κ2) is 8.25. The first-order valence-corrected chi connectivity index (χ1v) is 10.3. The zero-order valence-corrected chi connectivity index (χ0v) is 15.9.